The van der Waals surface area contributed by atoms with E-state index in [-0.39, 0.29) is 29.8 Å². The number of ether oxygens (including phenoxy) is 3. The number of hydrogen-bond acceptors (Lipinski definition) is 6. The van der Waals surface area contributed by atoms with Gasteiger partial charge >= 0.3 is 6.61 Å². The second kappa shape index (κ2) is 8.03. The first-order valence-electron chi connectivity index (χ1n) is 8.12. The topological polar surface area (TPSA) is 66.6 Å². The number of alkyl halides is 2. The van der Waals surface area contributed by atoms with Gasteiger partial charge in [-0.25, -0.2) is 0 Å². The van der Waals surface area contributed by atoms with Gasteiger partial charge in [0.1, 0.15) is 5.75 Å². The zero-order valence-electron chi connectivity index (χ0n) is 15.0. The third-order valence-corrected chi connectivity index (χ3v) is 3.80. The Morgan fingerprint density at radius 2 is 1.85 bits per heavy atom. The molecular formula is C19H18F2N2O4. The molecule has 8 heteroatoms. The van der Waals surface area contributed by atoms with E-state index in [1.807, 2.05) is 32.0 Å². The van der Waals surface area contributed by atoms with Crippen LogP contribution in [0, 0.1) is 13.8 Å². The van der Waals surface area contributed by atoms with Gasteiger partial charge in [0.25, 0.3) is 5.89 Å². The van der Waals surface area contributed by atoms with Gasteiger partial charge in [-0.05, 0) is 49.2 Å². The van der Waals surface area contributed by atoms with Crippen LogP contribution in [0.25, 0.3) is 11.4 Å². The first-order valence-corrected chi connectivity index (χ1v) is 8.12. The number of hydrogen-bond donors (Lipinski definition) is 0. The molecule has 3 aromatic rings. The maximum absolute atomic E-state index is 12.4. The minimum absolute atomic E-state index is 0.0711. The Hall–Kier alpha value is -3.16. The lowest BCUT2D eigenvalue weighted by atomic mass is 10.1. The fourth-order valence-corrected chi connectivity index (χ4v) is 2.43. The summed E-state index contributed by atoms with van der Waals surface area (Å²) in [6.45, 7) is 1.10. The molecule has 3 rings (SSSR count). The average Bonchev–Trinajstić information content (AvgIpc) is 3.11. The lowest BCUT2D eigenvalue weighted by Crippen LogP contribution is -2.03. The molecule has 6 nitrogen and oxygen atoms in total. The Morgan fingerprint density at radius 1 is 1.04 bits per heavy atom. The summed E-state index contributed by atoms with van der Waals surface area (Å²) < 4.78 is 45.2. The summed E-state index contributed by atoms with van der Waals surface area (Å²) in [6.07, 6.45) is 0. The van der Waals surface area contributed by atoms with Crippen LogP contribution >= 0.6 is 0 Å². The minimum Gasteiger partial charge on any atom is -0.493 e. The Morgan fingerprint density at radius 3 is 2.59 bits per heavy atom. The summed E-state index contributed by atoms with van der Waals surface area (Å²) in [5.74, 6) is 1.39. The number of nitrogens with zero attached hydrogens (tertiary/aromatic N) is 2. The summed E-state index contributed by atoms with van der Waals surface area (Å²) in [5.41, 5.74) is 2.62. The third-order valence-electron chi connectivity index (χ3n) is 3.80. The third kappa shape index (κ3) is 4.52. The predicted octanol–water partition coefficient (Wildman–Crippen LogP) is 4.54. The summed E-state index contributed by atoms with van der Waals surface area (Å²) in [6, 6.07) is 10.3. The Bertz CT molecular complexity index is 928. The first kappa shape index (κ1) is 18.6. The number of aromatic nitrogens is 2. The highest BCUT2D eigenvalue weighted by atomic mass is 19.3. The molecule has 0 aliphatic heterocycles. The van der Waals surface area contributed by atoms with E-state index < -0.39 is 6.61 Å². The SMILES string of the molecule is COc1cc(-c2noc(COc3cc(C)ccc3C)n2)ccc1OC(F)F. The maximum Gasteiger partial charge on any atom is 0.387 e. The van der Waals surface area contributed by atoms with Gasteiger partial charge in [-0.2, -0.15) is 13.8 Å². The summed E-state index contributed by atoms with van der Waals surface area (Å²) in [4.78, 5) is 4.27. The van der Waals surface area contributed by atoms with Crippen molar-refractivity contribution in [2.24, 2.45) is 0 Å². The van der Waals surface area contributed by atoms with E-state index in [2.05, 4.69) is 14.9 Å². The van der Waals surface area contributed by atoms with Crippen molar-refractivity contribution in [2.75, 3.05) is 7.11 Å². The van der Waals surface area contributed by atoms with Crippen molar-refractivity contribution >= 4 is 0 Å². The summed E-state index contributed by atoms with van der Waals surface area (Å²) >= 11 is 0. The van der Waals surface area contributed by atoms with E-state index in [0.29, 0.717) is 5.56 Å². The van der Waals surface area contributed by atoms with Crippen LogP contribution in [-0.2, 0) is 6.61 Å². The van der Waals surface area contributed by atoms with Crippen LogP contribution in [0.1, 0.15) is 17.0 Å². The number of halogens is 2. The molecule has 0 saturated heterocycles. The van der Waals surface area contributed by atoms with Crippen LogP contribution in [0.15, 0.2) is 40.9 Å². The second-order valence-corrected chi connectivity index (χ2v) is 5.81. The average molecular weight is 376 g/mol. The normalized spacial score (nSPS) is 10.9. The molecule has 0 aliphatic carbocycles. The highest BCUT2D eigenvalue weighted by Crippen LogP contribution is 2.32. The van der Waals surface area contributed by atoms with E-state index in [0.717, 1.165) is 16.9 Å². The summed E-state index contributed by atoms with van der Waals surface area (Å²) in [7, 11) is 1.36. The first-order chi connectivity index (χ1) is 13.0. The fraction of sp³-hybridized carbons (Fsp3) is 0.263. The molecule has 142 valence electrons. The molecule has 0 fully saturated rings. The molecular weight excluding hydrogens is 358 g/mol. The molecule has 27 heavy (non-hydrogen) atoms. The van der Waals surface area contributed by atoms with E-state index in [4.69, 9.17) is 14.0 Å². The van der Waals surface area contributed by atoms with Gasteiger partial charge in [0, 0.05) is 5.56 Å². The second-order valence-electron chi connectivity index (χ2n) is 5.81. The monoisotopic (exact) mass is 376 g/mol. The van der Waals surface area contributed by atoms with Gasteiger partial charge in [0.15, 0.2) is 18.1 Å². The van der Waals surface area contributed by atoms with Crippen molar-refractivity contribution in [1.82, 2.24) is 10.1 Å². The highest BCUT2D eigenvalue weighted by Gasteiger charge is 2.15. The van der Waals surface area contributed by atoms with Gasteiger partial charge in [-0.1, -0.05) is 17.3 Å². The fourth-order valence-electron chi connectivity index (χ4n) is 2.43. The van der Waals surface area contributed by atoms with Crippen molar-refractivity contribution in [1.29, 1.82) is 0 Å². The zero-order chi connectivity index (χ0) is 19.4. The Balaban J connectivity index is 1.74. The van der Waals surface area contributed by atoms with Crippen LogP contribution in [0.4, 0.5) is 8.78 Å². The van der Waals surface area contributed by atoms with E-state index in [1.54, 1.807) is 6.07 Å². The zero-order valence-corrected chi connectivity index (χ0v) is 15.0. The molecule has 1 aromatic heterocycles. The summed E-state index contributed by atoms with van der Waals surface area (Å²) in [5, 5.41) is 3.89. The largest absolute Gasteiger partial charge is 0.493 e. The van der Waals surface area contributed by atoms with Crippen molar-refractivity contribution in [3.8, 4) is 28.6 Å². The number of aryl methyl sites for hydroxylation is 2. The smallest absolute Gasteiger partial charge is 0.387 e. The van der Waals surface area contributed by atoms with E-state index >= 15 is 0 Å². The van der Waals surface area contributed by atoms with Crippen molar-refractivity contribution in [3.63, 3.8) is 0 Å². The molecule has 2 aromatic carbocycles. The standard InChI is InChI=1S/C19H18F2N2O4/c1-11-4-5-12(2)15(8-11)25-10-17-22-18(23-27-17)13-6-7-14(26-19(20)21)16(9-13)24-3/h4-9,19H,10H2,1-3H3. The van der Waals surface area contributed by atoms with Crippen LogP contribution < -0.4 is 14.2 Å². The Kier molecular flexibility index (Phi) is 5.54. The van der Waals surface area contributed by atoms with Crippen molar-refractivity contribution < 1.29 is 27.5 Å². The van der Waals surface area contributed by atoms with Crippen LogP contribution in [0.5, 0.6) is 17.2 Å². The predicted molar refractivity (Wildman–Crippen MR) is 93.2 cm³/mol. The molecule has 1 heterocycles. The van der Waals surface area contributed by atoms with Gasteiger partial charge < -0.3 is 18.7 Å². The molecule has 0 unspecified atom stereocenters. The minimum atomic E-state index is -2.94. The molecule has 0 atom stereocenters. The quantitative estimate of drug-likeness (QED) is 0.603. The Labute approximate surface area is 154 Å². The molecule has 0 aliphatic rings. The van der Waals surface area contributed by atoms with Crippen LogP contribution in [0.3, 0.4) is 0 Å². The maximum atomic E-state index is 12.4. The number of benzene rings is 2. The van der Waals surface area contributed by atoms with Gasteiger partial charge in [0.2, 0.25) is 5.82 Å². The van der Waals surface area contributed by atoms with Gasteiger partial charge in [0.05, 0.1) is 7.11 Å². The van der Waals surface area contributed by atoms with Gasteiger partial charge in [-0.15, -0.1) is 0 Å². The molecule has 0 saturated carbocycles. The van der Waals surface area contributed by atoms with E-state index in [9.17, 15) is 8.78 Å². The molecule has 0 spiro atoms. The van der Waals surface area contributed by atoms with Crippen LogP contribution in [0.2, 0.25) is 0 Å². The molecule has 0 N–H and O–H groups in total. The van der Waals surface area contributed by atoms with Crippen molar-refractivity contribution in [2.45, 2.75) is 27.1 Å². The highest BCUT2D eigenvalue weighted by molar-refractivity contribution is 5.60. The number of methoxy groups -OCH3 is 1. The van der Waals surface area contributed by atoms with Crippen molar-refractivity contribution in [3.05, 3.63) is 53.4 Å². The molecule has 0 bridgehead atoms. The lowest BCUT2D eigenvalue weighted by molar-refractivity contribution is -0.0512. The van der Waals surface area contributed by atoms with E-state index in [1.165, 1.54) is 19.2 Å². The van der Waals surface area contributed by atoms with Gasteiger partial charge in [-0.3, -0.25) is 0 Å². The molecule has 0 radical (unpaired) electrons. The molecule has 0 amide bonds. The number of rotatable bonds is 7. The van der Waals surface area contributed by atoms with Crippen LogP contribution in [-0.4, -0.2) is 23.9 Å². The lowest BCUT2D eigenvalue weighted by Gasteiger charge is -2.10.